The molecule has 0 fully saturated rings. The number of hydrogen-bond donors (Lipinski definition) is 7. The Morgan fingerprint density at radius 3 is 1.23 bits per heavy atom. The summed E-state index contributed by atoms with van der Waals surface area (Å²) in [5.74, 6) is 8.39. The summed E-state index contributed by atoms with van der Waals surface area (Å²) in [6.45, 7) is 2.10. The zero-order chi connectivity index (χ0) is 92.9. The second kappa shape index (κ2) is 44.8. The van der Waals surface area contributed by atoms with E-state index in [-0.39, 0.29) is 51.5 Å². The average molecular weight is 1920 g/mol. The zero-order valence-corrected chi connectivity index (χ0v) is 76.2. The number of benzene rings is 5. The first-order valence-corrected chi connectivity index (χ1v) is 40.7. The molecule has 16 aromatic rings. The number of halogens is 8. The second-order valence-electron chi connectivity index (χ2n) is 26.2. The maximum atomic E-state index is 12.5. The number of nitrogens with one attached hydrogen (secondary N) is 2. The Morgan fingerprint density at radius 2 is 0.806 bits per heavy atom. The molecule has 0 aliphatic heterocycles. The van der Waals surface area contributed by atoms with E-state index < -0.39 is 7.12 Å². The van der Waals surface area contributed by atoms with Gasteiger partial charge in [-0.2, -0.15) is 0 Å². The number of anilines is 4. The fraction of sp³-hybridized carbons (Fsp3) is 0.179. The summed E-state index contributed by atoms with van der Waals surface area (Å²) < 4.78 is 62.8. The third kappa shape index (κ3) is 24.1. The van der Waals surface area contributed by atoms with Crippen LogP contribution in [0.15, 0.2) is 165 Å². The lowest BCUT2D eigenvalue weighted by Crippen LogP contribution is -2.30. The minimum Gasteiger partial charge on any atom is -0.493 e. The number of carbonyl (C=O) groups excluding carboxylic acids is 2. The van der Waals surface area contributed by atoms with E-state index in [1.54, 1.807) is 194 Å². The standard InChI is InChI=1S/C21H18Cl2N6O3.C21H16Cl2N6O2.C18H18ClN3O4.C12H12ClN3O2.C8H10BClO4.C4H4ClN3/c1-31-15-8-12(13(22)9-16(15)32-2)21-25-6-5-18-26-11(10-29(18)21)7-19(30)27-14-3-4-17(23)28-20(14)24;1-30-15-8-12(13(22)9-16(15)31-2)21-24-6-5-19-25-11(10-29(19)21)7-18-26-14-3-4-17(23)27-20(14)28-18;1-4-26-17(23)7-11-10-22-16(21-11)5-6-20-18(22)12-8-14(24-2)15(25-3)9-13(12)19;1-17-9-5-7(8(13)6-10(9)18-2)12-15-4-3-11(14)16-12;1-13-7-3-5(9(11)12)6(10)4-8(7)14-2;5-4-7-2-1-3(6)8-4/h3-6,8-10H,7H2,1-2H3,(H2,24,28)(H,27,30);3-6,8-10H,7H2,1-2H3,(H,26,27,28);5-6,8-10H,4,7H2,1-3H3;3-6H,1-2H3,(H2,14,15,16);3-4,11-12H,1-2H3;1-2H,(H2,6,7,8). The molecule has 129 heavy (non-hydrogen) atoms. The number of esters is 1. The molecule has 0 radical (unpaired) electrons. The van der Waals surface area contributed by atoms with E-state index in [4.69, 9.17) is 177 Å². The molecule has 668 valence electrons. The Hall–Kier alpha value is -13.5. The number of pyridine rings is 2. The van der Waals surface area contributed by atoms with Crippen molar-refractivity contribution in [2.45, 2.75) is 26.2 Å². The van der Waals surface area contributed by atoms with Crippen molar-refractivity contribution in [1.29, 1.82) is 0 Å². The molecule has 11 heterocycles. The van der Waals surface area contributed by atoms with Gasteiger partial charge in [-0.25, -0.2) is 64.8 Å². The third-order valence-electron chi connectivity index (χ3n) is 18.1. The number of fused-ring (bicyclic) bond motifs is 4. The third-order valence-corrected chi connectivity index (χ3v) is 20.3. The summed E-state index contributed by atoms with van der Waals surface area (Å²) >= 11 is 48.5. The maximum Gasteiger partial charge on any atom is 0.490 e. The van der Waals surface area contributed by atoms with Gasteiger partial charge in [0.2, 0.25) is 11.2 Å². The van der Waals surface area contributed by atoms with Crippen molar-refractivity contribution in [3.05, 3.63) is 228 Å². The smallest absolute Gasteiger partial charge is 0.490 e. The number of rotatable bonds is 23. The number of nitrogen functional groups attached to an aromatic ring is 3. The van der Waals surface area contributed by atoms with Gasteiger partial charge in [-0.15, -0.1) is 0 Å². The highest BCUT2D eigenvalue weighted by molar-refractivity contribution is 6.62. The molecule has 0 unspecified atom stereocenters. The highest BCUT2D eigenvalue weighted by Gasteiger charge is 2.24. The van der Waals surface area contributed by atoms with Crippen LogP contribution < -0.4 is 75.3 Å². The molecule has 5 aromatic carbocycles. The van der Waals surface area contributed by atoms with E-state index in [0.29, 0.717) is 187 Å². The first kappa shape index (κ1) is 96.2. The van der Waals surface area contributed by atoms with E-state index >= 15 is 0 Å². The lowest BCUT2D eigenvalue weighted by atomic mass is 9.80. The summed E-state index contributed by atoms with van der Waals surface area (Å²) in [5.41, 5.74) is 25.2. The Morgan fingerprint density at radius 1 is 0.419 bits per heavy atom. The Kier molecular flexibility index (Phi) is 33.4. The lowest BCUT2D eigenvalue weighted by Gasteiger charge is -2.12. The number of nitrogens with two attached hydrogens (primary N) is 3. The number of hydrogen-bond acceptors (Lipinski definition) is 31. The van der Waals surface area contributed by atoms with Gasteiger partial charge in [-0.1, -0.05) is 81.2 Å². The van der Waals surface area contributed by atoms with Gasteiger partial charge in [-0.3, -0.25) is 22.8 Å². The fourth-order valence-corrected chi connectivity index (χ4v) is 13.9. The van der Waals surface area contributed by atoms with Crippen LogP contribution >= 0.6 is 92.8 Å². The number of H-pyrrole nitrogens is 1. The Labute approximate surface area is 775 Å². The van der Waals surface area contributed by atoms with Gasteiger partial charge in [0.15, 0.2) is 69.0 Å². The van der Waals surface area contributed by atoms with Gasteiger partial charge in [0.1, 0.15) is 68.0 Å². The highest BCUT2D eigenvalue weighted by Crippen LogP contribution is 2.43. The molecule has 0 spiro atoms. The molecule has 10 N–H and O–H groups in total. The number of aromatic nitrogens is 17. The molecule has 45 heteroatoms. The number of nitrogens with zero attached hydrogens (tertiary/aromatic N) is 16. The summed E-state index contributed by atoms with van der Waals surface area (Å²) in [7, 11) is 13.7. The van der Waals surface area contributed by atoms with Crippen molar-refractivity contribution >= 4 is 169 Å². The SMILES string of the molecule is CCOC(=O)Cc1cn2c(-c3cc(OC)c(OC)cc3Cl)nccc2n1.COc1cc(Cl)c(-c2nccc(N)n2)cc1OC.COc1cc(Cl)c(-c2nccc3nc(CC(=O)Nc4ccc(Cl)nc4N)cn23)cc1OC.COc1cc(Cl)c(-c2nccc3nc(Cc4nc5nc(Cl)ccc5[nH]4)cn23)cc1OC.COc1cc(Cl)c(B(O)O)cc1OC.Nc1ccnc(Cl)n1. The van der Waals surface area contributed by atoms with Gasteiger partial charge in [0.05, 0.1) is 139 Å². The minimum atomic E-state index is -1.62. The predicted molar refractivity (Wildman–Crippen MR) is 493 cm³/mol. The van der Waals surface area contributed by atoms with E-state index in [0.717, 1.165) is 22.7 Å². The van der Waals surface area contributed by atoms with Gasteiger partial charge in [-0.05, 0) is 103 Å². The highest BCUT2D eigenvalue weighted by atomic mass is 35.5. The maximum absolute atomic E-state index is 12.5. The van der Waals surface area contributed by atoms with Crippen molar-refractivity contribution in [2.75, 3.05) is 100 Å². The van der Waals surface area contributed by atoms with E-state index in [1.807, 2.05) is 22.7 Å². The normalized spacial score (nSPS) is 10.6. The van der Waals surface area contributed by atoms with Gasteiger partial charge in [0.25, 0.3) is 0 Å². The van der Waals surface area contributed by atoms with Crippen molar-refractivity contribution in [1.82, 2.24) is 83.0 Å². The molecule has 1 amide bonds. The molecule has 0 atom stereocenters. The van der Waals surface area contributed by atoms with E-state index in [1.165, 1.54) is 39.7 Å². The second-order valence-corrected chi connectivity index (χ2v) is 29.4. The molecule has 0 saturated carbocycles. The molecule has 0 aliphatic rings. The van der Waals surface area contributed by atoms with E-state index in [9.17, 15) is 9.59 Å². The molecule has 36 nitrogen and oxygen atoms in total. The molecule has 0 aliphatic carbocycles. The number of carbonyl (C=O) groups is 2. The largest absolute Gasteiger partial charge is 0.493 e. The summed E-state index contributed by atoms with van der Waals surface area (Å²) in [5, 5.41) is 23.5. The monoisotopic (exact) mass is 1910 g/mol. The van der Waals surface area contributed by atoms with Crippen LogP contribution in [0.5, 0.6) is 57.5 Å². The molecule has 0 bridgehead atoms. The quantitative estimate of drug-likeness (QED) is 0.0135. The van der Waals surface area contributed by atoms with Crippen molar-refractivity contribution in [3.8, 4) is 103 Å². The predicted octanol–water partition coefficient (Wildman–Crippen LogP) is 14.8. The number of imidazole rings is 4. The molecular weight excluding hydrogens is 1840 g/mol. The number of ether oxygens (including phenoxy) is 11. The first-order valence-electron chi connectivity index (χ1n) is 37.7. The van der Waals surface area contributed by atoms with Gasteiger partial charge >= 0.3 is 13.1 Å². The zero-order valence-electron chi connectivity index (χ0n) is 70.1. The van der Waals surface area contributed by atoms with Crippen molar-refractivity contribution < 1.29 is 71.7 Å². The van der Waals surface area contributed by atoms with Crippen LogP contribution in [0.4, 0.5) is 23.1 Å². The Bertz CT molecular complexity index is 6680. The van der Waals surface area contributed by atoms with E-state index in [2.05, 4.69) is 70.1 Å². The fourth-order valence-electron chi connectivity index (χ4n) is 12.2. The Balaban J connectivity index is 0.000000156. The molecule has 16 rings (SSSR count). The van der Waals surface area contributed by atoms with Crippen LogP contribution in [-0.2, 0) is 33.6 Å². The first-order chi connectivity index (χ1) is 62.0. The summed E-state index contributed by atoms with van der Waals surface area (Å²) in [6, 6.07) is 31.8. The van der Waals surface area contributed by atoms with Gasteiger partial charge < -0.3 is 89.7 Å². The topological polar surface area (TPSA) is 463 Å². The number of methoxy groups -OCH3 is 10. The average Bonchev–Trinajstić information content (AvgIpc) is 1.67. The van der Waals surface area contributed by atoms with Crippen LogP contribution in [0.2, 0.25) is 40.7 Å². The summed E-state index contributed by atoms with van der Waals surface area (Å²) in [4.78, 5) is 82.7. The van der Waals surface area contributed by atoms with Crippen LogP contribution in [0.1, 0.15) is 29.8 Å². The number of aromatic amines is 1. The lowest BCUT2D eigenvalue weighted by molar-refractivity contribution is -0.142. The van der Waals surface area contributed by atoms with Crippen LogP contribution in [0.25, 0.3) is 73.7 Å². The molecule has 0 saturated heterocycles. The van der Waals surface area contributed by atoms with Crippen molar-refractivity contribution in [2.24, 2.45) is 0 Å². The molecule has 11 aromatic heterocycles. The van der Waals surface area contributed by atoms with Crippen LogP contribution in [-0.4, -0.2) is 190 Å². The van der Waals surface area contributed by atoms with Gasteiger partial charge in [0, 0.05) is 119 Å². The minimum absolute atomic E-state index is 0.0167. The van der Waals surface area contributed by atoms with Crippen LogP contribution in [0, 0.1) is 0 Å². The van der Waals surface area contributed by atoms with Crippen molar-refractivity contribution in [3.63, 3.8) is 0 Å². The van der Waals surface area contributed by atoms with Crippen LogP contribution in [0.3, 0.4) is 0 Å². The number of amides is 1. The molecular formula is C84H78BCl8N21O15. The summed E-state index contributed by atoms with van der Waals surface area (Å²) in [6.07, 6.45) is 14.0.